The maximum Gasteiger partial charge on any atom is 0.250 e. The van der Waals surface area contributed by atoms with E-state index in [1.807, 2.05) is 41.0 Å². The predicted molar refractivity (Wildman–Crippen MR) is 107 cm³/mol. The standard InChI is InChI=1S/C22H20N4O3/c1-28-17-7-5-15(6-8-17)21-24-18(10-23)22(29-21)25-11-14-9-16(13-25)19-3-2-4-20(27)26(19)12-14/h2-8,14,16H,9,11-13H2,1H3/t14-,16+/m1/s1. The van der Waals surface area contributed by atoms with Crippen molar-refractivity contribution in [3.05, 3.63) is 64.2 Å². The Morgan fingerprint density at radius 3 is 2.76 bits per heavy atom. The van der Waals surface area contributed by atoms with Crippen molar-refractivity contribution in [2.24, 2.45) is 5.92 Å². The molecule has 2 aliphatic heterocycles. The number of nitrogens with zero attached hydrogens (tertiary/aromatic N) is 4. The van der Waals surface area contributed by atoms with Crippen LogP contribution in [0, 0.1) is 17.2 Å². The molecule has 1 fully saturated rings. The van der Waals surface area contributed by atoms with Gasteiger partial charge in [0.15, 0.2) is 0 Å². The molecule has 0 saturated carbocycles. The molecule has 3 aromatic rings. The van der Waals surface area contributed by atoms with Crippen LogP contribution in [0.15, 0.2) is 51.7 Å². The molecule has 4 heterocycles. The van der Waals surface area contributed by atoms with E-state index >= 15 is 0 Å². The summed E-state index contributed by atoms with van der Waals surface area (Å²) in [6.07, 6.45) is 1.04. The van der Waals surface area contributed by atoms with E-state index in [-0.39, 0.29) is 11.5 Å². The van der Waals surface area contributed by atoms with Crippen LogP contribution in [0.2, 0.25) is 0 Å². The highest BCUT2D eigenvalue weighted by Crippen LogP contribution is 2.39. The summed E-state index contributed by atoms with van der Waals surface area (Å²) in [5, 5.41) is 9.62. The average molecular weight is 388 g/mol. The molecule has 146 valence electrons. The van der Waals surface area contributed by atoms with Gasteiger partial charge in [0.05, 0.1) is 7.11 Å². The second-order valence-corrected chi connectivity index (χ2v) is 7.62. The Kier molecular flexibility index (Phi) is 4.13. The number of hydrogen-bond donors (Lipinski definition) is 0. The van der Waals surface area contributed by atoms with E-state index in [0.29, 0.717) is 36.5 Å². The molecular formula is C22H20N4O3. The molecular weight excluding hydrogens is 368 g/mol. The first-order valence-electron chi connectivity index (χ1n) is 9.66. The molecule has 0 spiro atoms. The zero-order valence-electron chi connectivity index (χ0n) is 16.0. The molecule has 2 aliphatic rings. The number of aromatic nitrogens is 2. The van der Waals surface area contributed by atoms with Crippen LogP contribution in [0.4, 0.5) is 5.88 Å². The maximum absolute atomic E-state index is 12.2. The van der Waals surface area contributed by atoms with Gasteiger partial charge in [-0.05, 0) is 42.7 Å². The molecule has 2 bridgehead atoms. The Hall–Kier alpha value is -3.53. The largest absolute Gasteiger partial charge is 0.497 e. The van der Waals surface area contributed by atoms with Crippen LogP contribution in [0.1, 0.15) is 23.7 Å². The third kappa shape index (κ3) is 2.97. The number of hydrogen-bond acceptors (Lipinski definition) is 6. The minimum Gasteiger partial charge on any atom is -0.497 e. The fourth-order valence-electron chi connectivity index (χ4n) is 4.52. The average Bonchev–Trinajstić information content (AvgIpc) is 3.19. The van der Waals surface area contributed by atoms with E-state index in [1.165, 1.54) is 0 Å². The number of oxazole rings is 1. The van der Waals surface area contributed by atoms with Gasteiger partial charge in [-0.2, -0.15) is 10.2 Å². The van der Waals surface area contributed by atoms with Crippen molar-refractivity contribution in [2.75, 3.05) is 25.1 Å². The number of fused-ring (bicyclic) bond motifs is 4. The van der Waals surface area contributed by atoms with Crippen LogP contribution in [-0.4, -0.2) is 29.8 Å². The zero-order valence-corrected chi connectivity index (χ0v) is 16.0. The Bertz CT molecular complexity index is 1160. The summed E-state index contributed by atoms with van der Waals surface area (Å²) in [4.78, 5) is 18.7. The monoisotopic (exact) mass is 388 g/mol. The number of benzene rings is 1. The number of rotatable bonds is 3. The quantitative estimate of drug-likeness (QED) is 0.686. The molecule has 0 amide bonds. The first kappa shape index (κ1) is 17.6. The van der Waals surface area contributed by atoms with Gasteiger partial charge < -0.3 is 18.6 Å². The highest BCUT2D eigenvalue weighted by molar-refractivity contribution is 5.60. The molecule has 5 rings (SSSR count). The lowest BCUT2D eigenvalue weighted by atomic mass is 9.83. The highest BCUT2D eigenvalue weighted by Gasteiger charge is 2.36. The van der Waals surface area contributed by atoms with Gasteiger partial charge in [-0.3, -0.25) is 4.79 Å². The summed E-state index contributed by atoms with van der Waals surface area (Å²) < 4.78 is 13.2. The number of anilines is 1. The van der Waals surface area contributed by atoms with E-state index < -0.39 is 0 Å². The topological polar surface area (TPSA) is 84.3 Å². The van der Waals surface area contributed by atoms with Gasteiger partial charge >= 0.3 is 0 Å². The Morgan fingerprint density at radius 2 is 2.00 bits per heavy atom. The minimum absolute atomic E-state index is 0.0600. The maximum atomic E-state index is 12.2. The van der Waals surface area contributed by atoms with E-state index in [2.05, 4.69) is 16.0 Å². The fraction of sp³-hybridized carbons (Fsp3) is 0.318. The van der Waals surface area contributed by atoms with Crippen molar-refractivity contribution in [1.29, 1.82) is 5.26 Å². The molecule has 1 aromatic carbocycles. The van der Waals surface area contributed by atoms with Crippen LogP contribution in [0.25, 0.3) is 11.5 Å². The number of piperidine rings is 1. The van der Waals surface area contributed by atoms with Gasteiger partial charge in [-0.25, -0.2) is 0 Å². The number of nitriles is 1. The van der Waals surface area contributed by atoms with Crippen molar-refractivity contribution >= 4 is 5.88 Å². The minimum atomic E-state index is 0.0600. The number of pyridine rings is 1. The van der Waals surface area contributed by atoms with Crippen molar-refractivity contribution in [3.63, 3.8) is 0 Å². The molecule has 7 heteroatoms. The van der Waals surface area contributed by atoms with Gasteiger partial charge in [0, 0.05) is 42.9 Å². The van der Waals surface area contributed by atoms with Crippen molar-refractivity contribution in [3.8, 4) is 23.3 Å². The van der Waals surface area contributed by atoms with Crippen molar-refractivity contribution < 1.29 is 9.15 Å². The van der Waals surface area contributed by atoms with E-state index in [4.69, 9.17) is 9.15 Å². The number of ether oxygens (including phenoxy) is 1. The smallest absolute Gasteiger partial charge is 0.250 e. The molecule has 1 saturated heterocycles. The normalized spacial score (nSPS) is 20.1. The van der Waals surface area contributed by atoms with Gasteiger partial charge in [0.2, 0.25) is 17.5 Å². The lowest BCUT2D eigenvalue weighted by Gasteiger charge is -2.42. The highest BCUT2D eigenvalue weighted by atomic mass is 16.5. The van der Waals surface area contributed by atoms with Crippen LogP contribution in [0.5, 0.6) is 5.75 Å². The summed E-state index contributed by atoms with van der Waals surface area (Å²) in [6.45, 7) is 2.14. The van der Waals surface area contributed by atoms with Gasteiger partial charge in [-0.1, -0.05) is 6.07 Å². The molecule has 7 nitrogen and oxygen atoms in total. The Morgan fingerprint density at radius 1 is 1.17 bits per heavy atom. The summed E-state index contributed by atoms with van der Waals surface area (Å²) in [7, 11) is 1.62. The molecule has 0 aliphatic carbocycles. The second-order valence-electron chi connectivity index (χ2n) is 7.62. The van der Waals surface area contributed by atoms with Crippen LogP contribution < -0.4 is 15.2 Å². The first-order chi connectivity index (χ1) is 14.2. The summed E-state index contributed by atoms with van der Waals surface area (Å²) >= 11 is 0. The molecule has 2 atom stereocenters. The van der Waals surface area contributed by atoms with Crippen LogP contribution in [0.3, 0.4) is 0 Å². The summed E-state index contributed by atoms with van der Waals surface area (Å²) in [5.41, 5.74) is 2.21. The van der Waals surface area contributed by atoms with Crippen LogP contribution in [-0.2, 0) is 6.54 Å². The number of methoxy groups -OCH3 is 1. The Balaban J connectivity index is 1.48. The van der Waals surface area contributed by atoms with E-state index in [1.54, 1.807) is 13.2 Å². The molecule has 0 unspecified atom stereocenters. The molecule has 2 aromatic heterocycles. The first-order valence-corrected chi connectivity index (χ1v) is 9.66. The van der Waals surface area contributed by atoms with Crippen molar-refractivity contribution in [1.82, 2.24) is 9.55 Å². The second kappa shape index (κ2) is 6.82. The van der Waals surface area contributed by atoms with Gasteiger partial charge in [-0.15, -0.1) is 0 Å². The summed E-state index contributed by atoms with van der Waals surface area (Å²) in [6, 6.07) is 15.0. The van der Waals surface area contributed by atoms with Gasteiger partial charge in [0.25, 0.3) is 5.56 Å². The lowest BCUT2D eigenvalue weighted by molar-refractivity contribution is 0.275. The molecule has 29 heavy (non-hydrogen) atoms. The van der Waals surface area contributed by atoms with Crippen molar-refractivity contribution in [2.45, 2.75) is 18.9 Å². The zero-order chi connectivity index (χ0) is 20.0. The third-order valence-electron chi connectivity index (χ3n) is 5.82. The fourth-order valence-corrected chi connectivity index (χ4v) is 4.52. The lowest BCUT2D eigenvalue weighted by Crippen LogP contribution is -2.47. The molecule has 0 radical (unpaired) electrons. The Labute approximate surface area is 167 Å². The third-order valence-corrected chi connectivity index (χ3v) is 5.82. The van der Waals surface area contributed by atoms with Gasteiger partial charge in [0.1, 0.15) is 11.8 Å². The van der Waals surface area contributed by atoms with Crippen LogP contribution >= 0.6 is 0 Å². The SMILES string of the molecule is COc1ccc(-c2nc(C#N)c(N3C[C@H]4C[C@@H](C3)c3cccc(=O)n3C4)o2)cc1. The van der Waals surface area contributed by atoms with E-state index in [9.17, 15) is 10.1 Å². The summed E-state index contributed by atoms with van der Waals surface area (Å²) in [5.74, 6) is 2.25. The van der Waals surface area contributed by atoms with E-state index in [0.717, 1.165) is 30.0 Å². The predicted octanol–water partition coefficient (Wildman–Crippen LogP) is 3.01. The molecule has 0 N–H and O–H groups in total.